The van der Waals surface area contributed by atoms with Crippen molar-refractivity contribution >= 4 is 5.97 Å². The van der Waals surface area contributed by atoms with Gasteiger partial charge in [0.15, 0.2) is 0 Å². The van der Waals surface area contributed by atoms with E-state index < -0.39 is 0 Å². The maximum atomic E-state index is 11.4. The van der Waals surface area contributed by atoms with Crippen LogP contribution in [0.1, 0.15) is 26.7 Å². The van der Waals surface area contributed by atoms with Gasteiger partial charge in [0.25, 0.3) is 0 Å². The van der Waals surface area contributed by atoms with Gasteiger partial charge >= 0.3 is 5.97 Å². The Labute approximate surface area is 73.5 Å². The van der Waals surface area contributed by atoms with Gasteiger partial charge < -0.3 is 10.1 Å². The smallest absolute Gasteiger partial charge is 0.312 e. The first-order chi connectivity index (χ1) is 5.59. The number of nitrogens with one attached hydrogen (secondary N) is 1. The summed E-state index contributed by atoms with van der Waals surface area (Å²) in [5.41, 5.74) is -0.384. The summed E-state index contributed by atoms with van der Waals surface area (Å²) in [6.07, 6.45) is 2.23. The van der Waals surface area contributed by atoms with E-state index in [0.29, 0.717) is 0 Å². The van der Waals surface area contributed by atoms with Crippen molar-refractivity contribution in [2.24, 2.45) is 5.41 Å². The van der Waals surface area contributed by atoms with Crippen LogP contribution in [0.3, 0.4) is 0 Å². The highest BCUT2D eigenvalue weighted by Crippen LogP contribution is 2.28. The minimum atomic E-state index is -0.384. The molecule has 0 unspecified atom stereocenters. The van der Waals surface area contributed by atoms with E-state index in [1.807, 2.05) is 13.8 Å². The summed E-state index contributed by atoms with van der Waals surface area (Å²) in [6, 6.07) is 0.282. The third kappa shape index (κ3) is 1.61. The zero-order chi connectivity index (χ0) is 9.19. The molecule has 1 atom stereocenters. The molecule has 0 aromatic carbocycles. The molecular weight excluding hydrogens is 154 g/mol. The van der Waals surface area contributed by atoms with Crippen molar-refractivity contribution in [1.82, 2.24) is 5.32 Å². The summed E-state index contributed by atoms with van der Waals surface area (Å²) in [5.74, 6) is -0.123. The molecule has 1 N–H and O–H groups in total. The van der Waals surface area contributed by atoms with E-state index in [1.54, 1.807) is 0 Å². The van der Waals surface area contributed by atoms with Crippen LogP contribution in [0.15, 0.2) is 0 Å². The van der Waals surface area contributed by atoms with Crippen molar-refractivity contribution in [2.75, 3.05) is 13.7 Å². The standard InChI is InChI=1S/C9H17NO2/c1-9(2,8(11)12-3)7-5-4-6-10-7/h7,10H,4-6H2,1-3H3/t7-/m1/s1. The topological polar surface area (TPSA) is 38.3 Å². The number of hydrogen-bond donors (Lipinski definition) is 1. The van der Waals surface area contributed by atoms with Gasteiger partial charge in [-0.15, -0.1) is 0 Å². The second-order valence-electron chi connectivity index (χ2n) is 3.86. The third-order valence-corrected chi connectivity index (χ3v) is 2.64. The Kier molecular flexibility index (Phi) is 2.73. The number of methoxy groups -OCH3 is 1. The van der Waals surface area contributed by atoms with Gasteiger partial charge in [-0.2, -0.15) is 0 Å². The highest BCUT2D eigenvalue weighted by atomic mass is 16.5. The molecule has 0 spiro atoms. The zero-order valence-corrected chi connectivity index (χ0v) is 8.02. The Morgan fingerprint density at radius 3 is 2.67 bits per heavy atom. The van der Waals surface area contributed by atoms with Gasteiger partial charge in [-0.1, -0.05) is 0 Å². The zero-order valence-electron chi connectivity index (χ0n) is 8.02. The van der Waals surface area contributed by atoms with E-state index in [2.05, 4.69) is 5.32 Å². The second kappa shape index (κ2) is 3.44. The van der Waals surface area contributed by atoms with Gasteiger partial charge in [0, 0.05) is 6.04 Å². The monoisotopic (exact) mass is 171 g/mol. The minimum absolute atomic E-state index is 0.123. The van der Waals surface area contributed by atoms with Crippen molar-refractivity contribution in [1.29, 1.82) is 0 Å². The SMILES string of the molecule is COC(=O)C(C)(C)[C@H]1CCCN1. The number of esters is 1. The van der Waals surface area contributed by atoms with Gasteiger partial charge in [-0.3, -0.25) is 4.79 Å². The molecule has 0 bridgehead atoms. The molecule has 0 aliphatic carbocycles. The number of carbonyl (C=O) groups is 1. The average Bonchev–Trinajstić information content (AvgIpc) is 2.55. The highest BCUT2D eigenvalue weighted by molar-refractivity contribution is 5.76. The van der Waals surface area contributed by atoms with Gasteiger partial charge in [0.1, 0.15) is 0 Å². The first-order valence-corrected chi connectivity index (χ1v) is 4.41. The Morgan fingerprint density at radius 2 is 2.25 bits per heavy atom. The minimum Gasteiger partial charge on any atom is -0.469 e. The molecule has 1 aliphatic rings. The molecule has 0 radical (unpaired) electrons. The Morgan fingerprint density at radius 1 is 1.58 bits per heavy atom. The second-order valence-corrected chi connectivity index (χ2v) is 3.86. The molecule has 0 aromatic rings. The molecule has 70 valence electrons. The Bertz CT molecular complexity index is 171. The molecule has 0 amide bonds. The predicted octanol–water partition coefficient (Wildman–Crippen LogP) is 0.938. The van der Waals surface area contributed by atoms with Crippen LogP contribution in [-0.2, 0) is 9.53 Å². The summed E-state index contributed by atoms with van der Waals surface area (Å²) in [6.45, 7) is 4.88. The van der Waals surface area contributed by atoms with Crippen molar-refractivity contribution < 1.29 is 9.53 Å². The van der Waals surface area contributed by atoms with Crippen LogP contribution in [0.25, 0.3) is 0 Å². The fraction of sp³-hybridized carbons (Fsp3) is 0.889. The molecule has 12 heavy (non-hydrogen) atoms. The fourth-order valence-electron chi connectivity index (χ4n) is 1.71. The summed E-state index contributed by atoms with van der Waals surface area (Å²) < 4.78 is 4.75. The molecule has 3 nitrogen and oxygen atoms in total. The van der Waals surface area contributed by atoms with Crippen LogP contribution < -0.4 is 5.32 Å². The lowest BCUT2D eigenvalue weighted by atomic mass is 9.84. The number of hydrogen-bond acceptors (Lipinski definition) is 3. The van der Waals surface area contributed by atoms with Crippen LogP contribution in [0.5, 0.6) is 0 Å². The number of carbonyl (C=O) groups excluding carboxylic acids is 1. The highest BCUT2D eigenvalue weighted by Gasteiger charge is 2.38. The summed E-state index contributed by atoms with van der Waals surface area (Å²) in [5, 5.41) is 3.31. The lowest BCUT2D eigenvalue weighted by Crippen LogP contribution is -2.43. The summed E-state index contributed by atoms with van der Waals surface area (Å²) in [4.78, 5) is 11.4. The maximum absolute atomic E-state index is 11.4. The van der Waals surface area contributed by atoms with E-state index in [9.17, 15) is 4.79 Å². The molecule has 1 fully saturated rings. The van der Waals surface area contributed by atoms with E-state index in [-0.39, 0.29) is 17.4 Å². The maximum Gasteiger partial charge on any atom is 0.312 e. The van der Waals surface area contributed by atoms with Crippen molar-refractivity contribution in [3.05, 3.63) is 0 Å². The fourth-order valence-corrected chi connectivity index (χ4v) is 1.71. The molecule has 0 aromatic heterocycles. The first-order valence-electron chi connectivity index (χ1n) is 4.41. The summed E-state index contributed by atoms with van der Waals surface area (Å²) >= 11 is 0. The Hall–Kier alpha value is -0.570. The molecular formula is C9H17NO2. The van der Waals surface area contributed by atoms with Crippen LogP contribution >= 0.6 is 0 Å². The van der Waals surface area contributed by atoms with Crippen LogP contribution in [0.2, 0.25) is 0 Å². The van der Waals surface area contributed by atoms with Crippen molar-refractivity contribution in [3.8, 4) is 0 Å². The van der Waals surface area contributed by atoms with E-state index in [1.165, 1.54) is 7.11 Å². The molecule has 0 saturated carbocycles. The predicted molar refractivity (Wildman–Crippen MR) is 46.8 cm³/mol. The third-order valence-electron chi connectivity index (χ3n) is 2.64. The van der Waals surface area contributed by atoms with E-state index in [0.717, 1.165) is 19.4 Å². The van der Waals surface area contributed by atoms with E-state index >= 15 is 0 Å². The van der Waals surface area contributed by atoms with Crippen LogP contribution in [-0.4, -0.2) is 25.7 Å². The first kappa shape index (κ1) is 9.52. The van der Waals surface area contributed by atoms with Crippen molar-refractivity contribution in [2.45, 2.75) is 32.7 Å². The normalized spacial score (nSPS) is 24.1. The Balaban J connectivity index is 2.62. The van der Waals surface area contributed by atoms with Gasteiger partial charge in [0.2, 0.25) is 0 Å². The molecule has 1 aliphatic heterocycles. The van der Waals surface area contributed by atoms with Gasteiger partial charge in [-0.05, 0) is 33.2 Å². The quantitative estimate of drug-likeness (QED) is 0.628. The molecule has 1 saturated heterocycles. The van der Waals surface area contributed by atoms with E-state index in [4.69, 9.17) is 4.74 Å². The van der Waals surface area contributed by atoms with Gasteiger partial charge in [-0.25, -0.2) is 0 Å². The summed E-state index contributed by atoms with van der Waals surface area (Å²) in [7, 11) is 1.44. The largest absolute Gasteiger partial charge is 0.469 e. The van der Waals surface area contributed by atoms with Crippen molar-refractivity contribution in [3.63, 3.8) is 0 Å². The molecule has 3 heteroatoms. The average molecular weight is 171 g/mol. The lowest BCUT2D eigenvalue weighted by molar-refractivity contribution is -0.152. The number of rotatable bonds is 2. The lowest BCUT2D eigenvalue weighted by Gasteiger charge is -2.28. The molecule has 1 heterocycles. The molecule has 1 rings (SSSR count). The van der Waals surface area contributed by atoms with Crippen LogP contribution in [0.4, 0.5) is 0 Å². The van der Waals surface area contributed by atoms with Gasteiger partial charge in [0.05, 0.1) is 12.5 Å². The number of ether oxygens (including phenoxy) is 1. The van der Waals surface area contributed by atoms with Crippen LogP contribution in [0, 0.1) is 5.41 Å².